The molecule has 168 valence electrons. The van der Waals surface area contributed by atoms with Crippen LogP contribution >= 0.6 is 0 Å². The standard InChI is InChI=1S/C25H29FN4O2/c1-17(2)24(31)30-11-10-28(14-18(30)3)25(32)21-12-19(8-9-22(21)26)15-29-16-27-13-20-6-4-5-7-23(20)29/h4-9,12-13,17-18H,10-11,14-16H2,1-3H3/t18-/m1/s1. The molecule has 0 unspecified atom stereocenters. The van der Waals surface area contributed by atoms with Gasteiger partial charge in [0.15, 0.2) is 0 Å². The maximum Gasteiger partial charge on any atom is 0.256 e. The van der Waals surface area contributed by atoms with Gasteiger partial charge in [0, 0.05) is 55.6 Å². The van der Waals surface area contributed by atoms with Crippen LogP contribution in [0.15, 0.2) is 47.5 Å². The van der Waals surface area contributed by atoms with Gasteiger partial charge >= 0.3 is 0 Å². The zero-order valence-electron chi connectivity index (χ0n) is 18.8. The molecule has 0 saturated carbocycles. The molecular weight excluding hydrogens is 407 g/mol. The molecule has 0 aliphatic carbocycles. The average molecular weight is 437 g/mol. The third-order valence-electron chi connectivity index (χ3n) is 6.09. The largest absolute Gasteiger partial charge is 0.347 e. The van der Waals surface area contributed by atoms with Gasteiger partial charge in [-0.3, -0.25) is 14.6 Å². The number of para-hydroxylation sites is 1. The lowest BCUT2D eigenvalue weighted by molar-refractivity contribution is -0.138. The van der Waals surface area contributed by atoms with Crippen molar-refractivity contribution in [2.45, 2.75) is 33.4 Å². The molecule has 2 aliphatic heterocycles. The molecule has 6 nitrogen and oxygen atoms in total. The van der Waals surface area contributed by atoms with Gasteiger partial charge in [0.25, 0.3) is 5.91 Å². The Morgan fingerprint density at radius 3 is 2.69 bits per heavy atom. The number of piperazine rings is 1. The summed E-state index contributed by atoms with van der Waals surface area (Å²) >= 11 is 0. The molecule has 0 bridgehead atoms. The van der Waals surface area contributed by atoms with Crippen molar-refractivity contribution in [3.63, 3.8) is 0 Å². The molecule has 32 heavy (non-hydrogen) atoms. The summed E-state index contributed by atoms with van der Waals surface area (Å²) in [6.07, 6.45) is 1.86. The molecule has 7 heteroatoms. The van der Waals surface area contributed by atoms with Crippen molar-refractivity contribution < 1.29 is 14.0 Å². The lowest BCUT2D eigenvalue weighted by Gasteiger charge is -2.40. The number of amides is 2. The van der Waals surface area contributed by atoms with Crippen LogP contribution in [0.5, 0.6) is 0 Å². The number of carbonyl (C=O) groups is 2. The number of hydrogen-bond acceptors (Lipinski definition) is 4. The fraction of sp³-hybridized carbons (Fsp3) is 0.400. The van der Waals surface area contributed by atoms with E-state index in [1.165, 1.54) is 6.07 Å². The number of nitrogens with zero attached hydrogens (tertiary/aromatic N) is 4. The second kappa shape index (κ2) is 9.10. The van der Waals surface area contributed by atoms with Crippen molar-refractivity contribution in [2.75, 3.05) is 31.2 Å². The summed E-state index contributed by atoms with van der Waals surface area (Å²) in [6.45, 7) is 7.99. The van der Waals surface area contributed by atoms with E-state index in [2.05, 4.69) is 9.89 Å². The molecule has 4 rings (SSSR count). The van der Waals surface area contributed by atoms with Crippen molar-refractivity contribution in [1.29, 1.82) is 0 Å². The lowest BCUT2D eigenvalue weighted by Crippen LogP contribution is -2.56. The Balaban J connectivity index is 1.49. The molecule has 2 aliphatic rings. The zero-order chi connectivity index (χ0) is 22.8. The molecular formula is C25H29FN4O2. The smallest absolute Gasteiger partial charge is 0.256 e. The van der Waals surface area contributed by atoms with E-state index < -0.39 is 5.82 Å². The van der Waals surface area contributed by atoms with E-state index in [0.29, 0.717) is 32.8 Å². The molecule has 1 fully saturated rings. The van der Waals surface area contributed by atoms with Crippen LogP contribution in [0.2, 0.25) is 0 Å². The second-order valence-corrected chi connectivity index (χ2v) is 8.81. The first-order valence-corrected chi connectivity index (χ1v) is 11.1. The molecule has 2 aromatic rings. The van der Waals surface area contributed by atoms with E-state index >= 15 is 0 Å². The monoisotopic (exact) mass is 436 g/mol. The minimum atomic E-state index is -0.524. The molecule has 0 spiro atoms. The van der Waals surface area contributed by atoms with Gasteiger partial charge in [-0.1, -0.05) is 38.1 Å². The normalized spacial score (nSPS) is 18.2. The van der Waals surface area contributed by atoms with Crippen molar-refractivity contribution in [3.05, 3.63) is 65.0 Å². The summed E-state index contributed by atoms with van der Waals surface area (Å²) in [5, 5.41) is 0. The number of fused-ring (bicyclic) bond motifs is 1. The fourth-order valence-electron chi connectivity index (χ4n) is 4.36. The van der Waals surface area contributed by atoms with Crippen molar-refractivity contribution in [2.24, 2.45) is 10.9 Å². The lowest BCUT2D eigenvalue weighted by atomic mass is 10.0. The Bertz CT molecular complexity index is 1050. The van der Waals surface area contributed by atoms with E-state index in [-0.39, 0.29) is 29.3 Å². The van der Waals surface area contributed by atoms with Crippen LogP contribution in [0, 0.1) is 11.7 Å². The first kappa shape index (κ1) is 22.0. The van der Waals surface area contributed by atoms with Gasteiger partial charge < -0.3 is 14.7 Å². The predicted molar refractivity (Wildman–Crippen MR) is 123 cm³/mol. The number of rotatable bonds is 4. The molecule has 1 atom stereocenters. The molecule has 2 aromatic carbocycles. The molecule has 1 saturated heterocycles. The van der Waals surface area contributed by atoms with Crippen LogP contribution in [-0.2, 0) is 11.3 Å². The maximum absolute atomic E-state index is 14.7. The highest BCUT2D eigenvalue weighted by molar-refractivity contribution is 5.95. The highest BCUT2D eigenvalue weighted by Crippen LogP contribution is 2.25. The first-order valence-electron chi connectivity index (χ1n) is 11.1. The summed E-state index contributed by atoms with van der Waals surface area (Å²) in [5.41, 5.74) is 3.04. The SMILES string of the molecule is CC(C)C(=O)N1CCN(C(=O)c2cc(CN3CN=Cc4ccccc43)ccc2F)C[C@H]1C. The highest BCUT2D eigenvalue weighted by atomic mass is 19.1. The van der Waals surface area contributed by atoms with Crippen molar-refractivity contribution >= 4 is 23.7 Å². The third-order valence-corrected chi connectivity index (χ3v) is 6.09. The van der Waals surface area contributed by atoms with Crippen LogP contribution in [0.4, 0.5) is 10.1 Å². The number of aliphatic imine (C=N–C) groups is 1. The van der Waals surface area contributed by atoms with Crippen molar-refractivity contribution in [1.82, 2.24) is 9.80 Å². The predicted octanol–water partition coefficient (Wildman–Crippen LogP) is 3.55. The number of hydrogen-bond donors (Lipinski definition) is 0. The molecule has 0 N–H and O–H groups in total. The summed E-state index contributed by atoms with van der Waals surface area (Å²) < 4.78 is 14.7. The number of carbonyl (C=O) groups excluding carboxylic acids is 2. The topological polar surface area (TPSA) is 56.2 Å². The van der Waals surface area contributed by atoms with E-state index in [4.69, 9.17) is 0 Å². The molecule has 0 aromatic heterocycles. The van der Waals surface area contributed by atoms with Gasteiger partial charge in [-0.2, -0.15) is 0 Å². The average Bonchev–Trinajstić information content (AvgIpc) is 2.79. The van der Waals surface area contributed by atoms with E-state index in [1.54, 1.807) is 17.0 Å². The summed E-state index contributed by atoms with van der Waals surface area (Å²) in [7, 11) is 0. The first-order chi connectivity index (χ1) is 15.3. The second-order valence-electron chi connectivity index (χ2n) is 8.81. The van der Waals surface area contributed by atoms with Gasteiger partial charge in [-0.05, 0) is 30.7 Å². The summed E-state index contributed by atoms with van der Waals surface area (Å²) in [6, 6.07) is 12.6. The Hall–Kier alpha value is -3.22. The molecule has 0 radical (unpaired) electrons. The maximum atomic E-state index is 14.7. The Morgan fingerprint density at radius 2 is 1.94 bits per heavy atom. The van der Waals surface area contributed by atoms with Crippen molar-refractivity contribution in [3.8, 4) is 0 Å². The molecule has 2 heterocycles. The Kier molecular flexibility index (Phi) is 6.26. The highest BCUT2D eigenvalue weighted by Gasteiger charge is 2.32. The minimum Gasteiger partial charge on any atom is -0.347 e. The fourth-order valence-corrected chi connectivity index (χ4v) is 4.36. The minimum absolute atomic E-state index is 0.0760. The molecule has 2 amide bonds. The summed E-state index contributed by atoms with van der Waals surface area (Å²) in [5.74, 6) is -0.852. The number of halogens is 1. The van der Waals surface area contributed by atoms with Gasteiger partial charge in [0.2, 0.25) is 5.91 Å². The summed E-state index contributed by atoms with van der Waals surface area (Å²) in [4.78, 5) is 35.5. The Morgan fingerprint density at radius 1 is 1.16 bits per heavy atom. The van der Waals surface area contributed by atoms with Gasteiger partial charge in [0.05, 0.1) is 5.56 Å². The van der Waals surface area contributed by atoms with E-state index in [1.807, 2.05) is 56.2 Å². The van der Waals surface area contributed by atoms with Gasteiger partial charge in [-0.15, -0.1) is 0 Å². The quantitative estimate of drug-likeness (QED) is 0.737. The van der Waals surface area contributed by atoms with Gasteiger partial charge in [-0.25, -0.2) is 4.39 Å². The van der Waals surface area contributed by atoms with E-state index in [0.717, 1.165) is 16.8 Å². The van der Waals surface area contributed by atoms with Gasteiger partial charge in [0.1, 0.15) is 12.5 Å². The van der Waals surface area contributed by atoms with Crippen LogP contribution in [0.1, 0.15) is 42.3 Å². The van der Waals surface area contributed by atoms with Crippen LogP contribution < -0.4 is 4.90 Å². The number of benzene rings is 2. The van der Waals surface area contributed by atoms with Crippen LogP contribution in [0.25, 0.3) is 0 Å². The zero-order valence-corrected chi connectivity index (χ0v) is 18.8. The van der Waals surface area contributed by atoms with E-state index in [9.17, 15) is 14.0 Å². The van der Waals surface area contributed by atoms with Crippen LogP contribution in [-0.4, -0.2) is 60.2 Å². The van der Waals surface area contributed by atoms with Crippen LogP contribution in [0.3, 0.4) is 0 Å². The Labute approximate surface area is 188 Å². The number of anilines is 1. The third kappa shape index (κ3) is 4.38.